The number of nitrogens with zero attached hydrogens (tertiary/aromatic N) is 2. The number of hydrogen-bond donors (Lipinski definition) is 2. The van der Waals surface area contributed by atoms with Gasteiger partial charge < -0.3 is 14.6 Å². The van der Waals surface area contributed by atoms with Gasteiger partial charge in [-0.05, 0) is 30.9 Å². The van der Waals surface area contributed by atoms with E-state index >= 15 is 0 Å². The molecule has 1 aliphatic rings. The second-order valence-electron chi connectivity index (χ2n) is 7.54. The number of aryl methyl sites for hydroxylation is 1. The SMILES string of the molecule is Cc1cccc(C(C)C)c1NC(=O)[C@@H](C)Sc1nnc(C[NH+]2CCCC2)o1. The number of thioether (sulfide) groups is 1. The Hall–Kier alpha value is -1.86. The first-order chi connectivity index (χ1) is 12.9. The molecule has 0 bridgehead atoms. The van der Waals surface area contributed by atoms with Gasteiger partial charge in [0.25, 0.3) is 11.1 Å². The summed E-state index contributed by atoms with van der Waals surface area (Å²) in [5.74, 6) is 0.943. The van der Waals surface area contributed by atoms with Crippen LogP contribution in [0.15, 0.2) is 27.8 Å². The van der Waals surface area contributed by atoms with Crippen LogP contribution in [-0.2, 0) is 11.3 Å². The summed E-state index contributed by atoms with van der Waals surface area (Å²) in [6, 6.07) is 6.11. The molecule has 27 heavy (non-hydrogen) atoms. The Balaban J connectivity index is 1.61. The predicted octanol–water partition coefficient (Wildman–Crippen LogP) is 2.80. The first-order valence-corrected chi connectivity index (χ1v) is 10.5. The van der Waals surface area contributed by atoms with Gasteiger partial charge in [0.1, 0.15) is 0 Å². The minimum absolute atomic E-state index is 0.0545. The molecule has 1 fully saturated rings. The average molecular weight is 390 g/mol. The number of amides is 1. The van der Waals surface area contributed by atoms with E-state index in [2.05, 4.69) is 35.4 Å². The summed E-state index contributed by atoms with van der Waals surface area (Å²) in [6.07, 6.45) is 2.53. The number of para-hydroxylation sites is 1. The summed E-state index contributed by atoms with van der Waals surface area (Å²) in [7, 11) is 0. The fourth-order valence-electron chi connectivity index (χ4n) is 3.39. The molecule has 6 nitrogen and oxygen atoms in total. The number of nitrogens with one attached hydrogen (secondary N) is 2. The predicted molar refractivity (Wildman–Crippen MR) is 107 cm³/mol. The van der Waals surface area contributed by atoms with Crippen LogP contribution < -0.4 is 10.2 Å². The molecule has 2 aromatic rings. The van der Waals surface area contributed by atoms with Gasteiger partial charge in [0.05, 0.1) is 18.3 Å². The van der Waals surface area contributed by atoms with Crippen molar-refractivity contribution >= 4 is 23.4 Å². The molecule has 0 unspecified atom stereocenters. The Morgan fingerprint density at radius 1 is 1.26 bits per heavy atom. The van der Waals surface area contributed by atoms with E-state index in [0.29, 0.717) is 17.0 Å². The van der Waals surface area contributed by atoms with E-state index in [9.17, 15) is 4.79 Å². The van der Waals surface area contributed by atoms with Crippen LogP contribution in [0.25, 0.3) is 0 Å². The summed E-state index contributed by atoms with van der Waals surface area (Å²) < 4.78 is 5.74. The Bertz CT molecular complexity index is 784. The third kappa shape index (κ3) is 5.11. The number of hydrogen-bond acceptors (Lipinski definition) is 5. The molecule has 1 aromatic heterocycles. The first-order valence-electron chi connectivity index (χ1n) is 9.67. The molecule has 146 valence electrons. The molecule has 1 amide bonds. The number of aromatic nitrogens is 2. The van der Waals surface area contributed by atoms with E-state index in [4.69, 9.17) is 4.42 Å². The molecule has 1 atom stereocenters. The molecule has 2 N–H and O–H groups in total. The summed E-state index contributed by atoms with van der Waals surface area (Å²) in [6.45, 7) is 11.2. The molecule has 0 aliphatic carbocycles. The lowest BCUT2D eigenvalue weighted by molar-refractivity contribution is -0.902. The highest BCUT2D eigenvalue weighted by atomic mass is 32.2. The zero-order valence-corrected chi connectivity index (χ0v) is 17.4. The zero-order chi connectivity index (χ0) is 19.4. The maximum atomic E-state index is 12.7. The largest absolute Gasteiger partial charge is 0.410 e. The van der Waals surface area contributed by atoms with E-state index in [1.165, 1.54) is 29.5 Å². The van der Waals surface area contributed by atoms with E-state index in [0.717, 1.165) is 36.4 Å². The lowest BCUT2D eigenvalue weighted by atomic mass is 9.98. The van der Waals surface area contributed by atoms with Gasteiger partial charge in [-0.2, -0.15) is 0 Å². The van der Waals surface area contributed by atoms with Crippen molar-refractivity contribution in [3.63, 3.8) is 0 Å². The number of likely N-dealkylation sites (tertiary alicyclic amines) is 1. The summed E-state index contributed by atoms with van der Waals surface area (Å²) >= 11 is 1.31. The molecule has 1 saturated heterocycles. The second-order valence-corrected chi connectivity index (χ2v) is 8.83. The molecule has 2 heterocycles. The van der Waals surface area contributed by atoms with E-state index < -0.39 is 0 Å². The van der Waals surface area contributed by atoms with Gasteiger partial charge >= 0.3 is 0 Å². The zero-order valence-electron chi connectivity index (χ0n) is 16.5. The highest BCUT2D eigenvalue weighted by Gasteiger charge is 2.23. The quantitative estimate of drug-likeness (QED) is 0.713. The van der Waals surface area contributed by atoms with Crippen molar-refractivity contribution in [2.75, 3.05) is 18.4 Å². The van der Waals surface area contributed by atoms with Gasteiger partial charge in [-0.25, -0.2) is 0 Å². The minimum atomic E-state index is -0.322. The molecule has 7 heteroatoms. The van der Waals surface area contributed by atoms with Crippen LogP contribution in [0.5, 0.6) is 0 Å². The van der Waals surface area contributed by atoms with Crippen molar-refractivity contribution in [2.45, 2.75) is 63.5 Å². The Labute approximate surface area is 165 Å². The average Bonchev–Trinajstić information content (AvgIpc) is 3.29. The third-order valence-corrected chi connectivity index (χ3v) is 5.92. The monoisotopic (exact) mass is 389 g/mol. The van der Waals surface area contributed by atoms with Crippen LogP contribution in [0.3, 0.4) is 0 Å². The maximum absolute atomic E-state index is 12.7. The Kier molecular flexibility index (Phi) is 6.55. The topological polar surface area (TPSA) is 72.5 Å². The van der Waals surface area contributed by atoms with Crippen LogP contribution in [-0.4, -0.2) is 34.4 Å². The van der Waals surface area contributed by atoms with Crippen LogP contribution >= 0.6 is 11.8 Å². The van der Waals surface area contributed by atoms with Crippen LogP contribution in [0.1, 0.15) is 56.5 Å². The highest BCUT2D eigenvalue weighted by molar-refractivity contribution is 8.00. The highest BCUT2D eigenvalue weighted by Crippen LogP contribution is 2.29. The van der Waals surface area contributed by atoms with Crippen LogP contribution in [0.2, 0.25) is 0 Å². The van der Waals surface area contributed by atoms with Gasteiger partial charge in [-0.15, -0.1) is 10.2 Å². The standard InChI is InChI=1S/C20H28N4O2S/c1-13(2)16-9-7-8-14(3)18(16)21-19(25)15(4)27-20-23-22-17(26-20)12-24-10-5-6-11-24/h7-9,13,15H,5-6,10-12H2,1-4H3,(H,21,25)/p+1/t15-/m1/s1. The molecule has 0 saturated carbocycles. The van der Waals surface area contributed by atoms with Crippen molar-refractivity contribution < 1.29 is 14.1 Å². The van der Waals surface area contributed by atoms with Crippen molar-refractivity contribution in [2.24, 2.45) is 0 Å². The fraction of sp³-hybridized carbons (Fsp3) is 0.550. The molecular formula is C20H29N4O2S+. The maximum Gasteiger partial charge on any atom is 0.277 e. The summed E-state index contributed by atoms with van der Waals surface area (Å²) in [5, 5.41) is 11.5. The number of carbonyl (C=O) groups excluding carboxylic acids is 1. The molecule has 0 spiro atoms. The van der Waals surface area contributed by atoms with Crippen molar-refractivity contribution in [1.29, 1.82) is 0 Å². The first kappa shape index (κ1) is 19.9. The smallest absolute Gasteiger partial charge is 0.277 e. The molecular weight excluding hydrogens is 360 g/mol. The van der Waals surface area contributed by atoms with Crippen LogP contribution in [0, 0.1) is 6.92 Å². The Morgan fingerprint density at radius 3 is 2.70 bits per heavy atom. The van der Waals surface area contributed by atoms with Gasteiger partial charge in [0.15, 0.2) is 6.54 Å². The van der Waals surface area contributed by atoms with E-state index in [-0.39, 0.29) is 11.2 Å². The number of rotatable bonds is 7. The lowest BCUT2D eigenvalue weighted by Gasteiger charge is -2.18. The number of anilines is 1. The normalized spacial score (nSPS) is 16.0. The molecule has 1 aliphatic heterocycles. The lowest BCUT2D eigenvalue weighted by Crippen LogP contribution is -3.08. The second kappa shape index (κ2) is 8.89. The van der Waals surface area contributed by atoms with Crippen molar-refractivity contribution in [1.82, 2.24) is 10.2 Å². The number of carbonyl (C=O) groups is 1. The molecule has 3 rings (SSSR count). The van der Waals surface area contributed by atoms with Crippen molar-refractivity contribution in [3.8, 4) is 0 Å². The number of benzene rings is 1. The minimum Gasteiger partial charge on any atom is -0.410 e. The van der Waals surface area contributed by atoms with Crippen LogP contribution in [0.4, 0.5) is 5.69 Å². The third-order valence-electron chi connectivity index (χ3n) is 4.98. The van der Waals surface area contributed by atoms with Gasteiger partial charge in [-0.3, -0.25) is 4.79 Å². The number of quaternary nitrogens is 1. The summed E-state index contributed by atoms with van der Waals surface area (Å²) in [4.78, 5) is 14.2. The van der Waals surface area contributed by atoms with E-state index in [1.54, 1.807) is 0 Å². The van der Waals surface area contributed by atoms with Crippen molar-refractivity contribution in [3.05, 3.63) is 35.2 Å². The molecule has 0 radical (unpaired) electrons. The fourth-order valence-corrected chi connectivity index (χ4v) is 4.10. The molecule has 1 aromatic carbocycles. The van der Waals surface area contributed by atoms with E-state index in [1.807, 2.05) is 26.0 Å². The van der Waals surface area contributed by atoms with Gasteiger partial charge in [0, 0.05) is 18.5 Å². The van der Waals surface area contributed by atoms with Gasteiger partial charge in [0.2, 0.25) is 5.91 Å². The van der Waals surface area contributed by atoms with Gasteiger partial charge in [-0.1, -0.05) is 43.8 Å². The summed E-state index contributed by atoms with van der Waals surface area (Å²) in [5.41, 5.74) is 3.13. The Morgan fingerprint density at radius 2 is 2.00 bits per heavy atom.